The highest BCUT2D eigenvalue weighted by Crippen LogP contribution is 2.69. The Morgan fingerprint density at radius 3 is 2.36 bits per heavy atom. The van der Waals surface area contributed by atoms with Crippen LogP contribution in [0.5, 0.6) is 0 Å². The molecular formula is C40H46ClN3O. The molecule has 0 aromatic heterocycles. The fourth-order valence-corrected chi connectivity index (χ4v) is 10.7. The summed E-state index contributed by atoms with van der Waals surface area (Å²) < 4.78 is 0. The van der Waals surface area contributed by atoms with E-state index in [0.717, 1.165) is 56.1 Å². The molecule has 0 heterocycles. The number of halogens is 1. The molecule has 5 aliphatic rings. The predicted molar refractivity (Wildman–Crippen MR) is 181 cm³/mol. The Hall–Kier alpha value is -3.34. The largest absolute Gasteiger partial charge is 0.347 e. The Kier molecular flexibility index (Phi) is 7.65. The maximum atomic E-state index is 13.7. The van der Waals surface area contributed by atoms with Crippen LogP contribution in [0.25, 0.3) is 5.57 Å². The standard InChI is InChI=1S/C40H46ClN3O/c1-24-18-34-38(6,14-12-31-26(3)25(2)29(23-43)20-39(31,34)7)32-13-15-40(17-16-37(4,5)21-33(40)36(24)32)44-35(45)19-28(22-42)27-8-10-30(41)11-9-27/h8-11,18-20,26,31-33,36H,1-2,12-17,21H2,3-7H3,(H,44,45)/b28-19+. The molecule has 0 radical (unpaired) electrons. The van der Waals surface area contributed by atoms with Gasteiger partial charge in [0.1, 0.15) is 0 Å². The van der Waals surface area contributed by atoms with Crippen molar-refractivity contribution in [3.63, 3.8) is 0 Å². The highest BCUT2D eigenvalue weighted by Gasteiger charge is 2.63. The van der Waals surface area contributed by atoms with Crippen molar-refractivity contribution < 1.29 is 4.79 Å². The second-order valence-electron chi connectivity index (χ2n) is 15.9. The topological polar surface area (TPSA) is 76.7 Å². The monoisotopic (exact) mass is 619 g/mol. The smallest absolute Gasteiger partial charge is 0.245 e. The average Bonchev–Trinajstić information content (AvgIpc) is 2.99. The molecule has 6 rings (SSSR count). The highest BCUT2D eigenvalue weighted by molar-refractivity contribution is 6.30. The van der Waals surface area contributed by atoms with Crippen LogP contribution in [-0.4, -0.2) is 11.4 Å². The summed E-state index contributed by atoms with van der Waals surface area (Å²) in [6.07, 6.45) is 13.3. The molecule has 4 nitrogen and oxygen atoms in total. The van der Waals surface area contributed by atoms with Gasteiger partial charge < -0.3 is 5.32 Å². The summed E-state index contributed by atoms with van der Waals surface area (Å²) in [6.45, 7) is 20.9. The van der Waals surface area contributed by atoms with E-state index in [1.165, 1.54) is 17.2 Å². The number of allylic oxidation sites excluding steroid dienone is 7. The van der Waals surface area contributed by atoms with Crippen molar-refractivity contribution in [3.8, 4) is 12.1 Å². The van der Waals surface area contributed by atoms with E-state index in [2.05, 4.69) is 70.8 Å². The van der Waals surface area contributed by atoms with E-state index in [4.69, 9.17) is 18.2 Å². The zero-order valence-electron chi connectivity index (χ0n) is 27.5. The van der Waals surface area contributed by atoms with Gasteiger partial charge in [0.15, 0.2) is 0 Å². The van der Waals surface area contributed by atoms with Gasteiger partial charge >= 0.3 is 0 Å². The van der Waals surface area contributed by atoms with E-state index in [9.17, 15) is 15.3 Å². The highest BCUT2D eigenvalue weighted by atomic mass is 35.5. The summed E-state index contributed by atoms with van der Waals surface area (Å²) in [6, 6.07) is 11.7. The van der Waals surface area contributed by atoms with E-state index in [1.54, 1.807) is 24.3 Å². The molecule has 0 bridgehead atoms. The number of nitriles is 2. The summed E-state index contributed by atoms with van der Waals surface area (Å²) in [5.41, 5.74) is 4.96. The van der Waals surface area contributed by atoms with Gasteiger partial charge in [0, 0.05) is 22.1 Å². The fraction of sp³-hybridized carbons (Fsp3) is 0.525. The molecule has 45 heavy (non-hydrogen) atoms. The maximum absolute atomic E-state index is 13.7. The molecule has 1 N–H and O–H groups in total. The number of nitrogens with one attached hydrogen (secondary N) is 1. The van der Waals surface area contributed by atoms with E-state index < -0.39 is 0 Å². The number of nitrogens with zero attached hydrogens (tertiary/aromatic N) is 2. The zero-order valence-corrected chi connectivity index (χ0v) is 28.2. The third-order valence-corrected chi connectivity index (χ3v) is 13.3. The third-order valence-electron chi connectivity index (χ3n) is 13.0. The first-order valence-electron chi connectivity index (χ1n) is 16.6. The number of carbonyl (C=O) groups is 1. The van der Waals surface area contributed by atoms with Crippen LogP contribution >= 0.6 is 11.6 Å². The van der Waals surface area contributed by atoms with Gasteiger partial charge in [-0.2, -0.15) is 10.5 Å². The lowest BCUT2D eigenvalue weighted by atomic mass is 9.40. The van der Waals surface area contributed by atoms with Crippen molar-refractivity contribution in [1.82, 2.24) is 5.32 Å². The van der Waals surface area contributed by atoms with E-state index >= 15 is 0 Å². The van der Waals surface area contributed by atoms with Gasteiger partial charge in [-0.3, -0.25) is 4.79 Å². The molecule has 234 valence electrons. The normalized spacial score (nSPS) is 38.6. The Morgan fingerprint density at radius 2 is 1.69 bits per heavy atom. The van der Waals surface area contributed by atoms with Crippen molar-refractivity contribution in [1.29, 1.82) is 10.5 Å². The molecule has 0 aliphatic heterocycles. The summed E-state index contributed by atoms with van der Waals surface area (Å²) in [7, 11) is 0. The van der Waals surface area contributed by atoms with E-state index in [0.29, 0.717) is 28.0 Å². The number of fused-ring (bicyclic) bond motifs is 7. The minimum Gasteiger partial charge on any atom is -0.347 e. The molecule has 0 saturated heterocycles. The molecule has 1 aromatic rings. The lowest BCUT2D eigenvalue weighted by Crippen LogP contribution is -2.65. The fourth-order valence-electron chi connectivity index (χ4n) is 10.6. The number of carbonyl (C=O) groups excluding carboxylic acids is 1. The number of amides is 1. The lowest BCUT2D eigenvalue weighted by molar-refractivity contribution is -0.124. The van der Waals surface area contributed by atoms with Crippen LogP contribution < -0.4 is 5.32 Å². The lowest BCUT2D eigenvalue weighted by Gasteiger charge is -2.65. The number of hydrogen-bond acceptors (Lipinski definition) is 3. The average molecular weight is 620 g/mol. The van der Waals surface area contributed by atoms with Crippen molar-refractivity contribution in [2.45, 2.75) is 85.1 Å². The first-order valence-corrected chi connectivity index (χ1v) is 17.0. The molecular weight excluding hydrogens is 574 g/mol. The summed E-state index contributed by atoms with van der Waals surface area (Å²) in [5.74, 6) is 1.42. The first-order chi connectivity index (χ1) is 21.2. The summed E-state index contributed by atoms with van der Waals surface area (Å²) in [5, 5.41) is 24.1. The van der Waals surface area contributed by atoms with Crippen LogP contribution in [-0.2, 0) is 4.79 Å². The van der Waals surface area contributed by atoms with Crippen LogP contribution in [0.1, 0.15) is 85.1 Å². The van der Waals surface area contributed by atoms with Crippen LogP contribution in [0.4, 0.5) is 0 Å². The van der Waals surface area contributed by atoms with Crippen molar-refractivity contribution in [2.75, 3.05) is 0 Å². The SMILES string of the molecule is C=C1C(C#N)=CC2(C)C3=CC(=C)C4C5CC(C)(C)CCC5(NC(=O)/C=C(\C#N)c5ccc(Cl)cc5)CCC4C3(C)CCC2C1C. The first kappa shape index (κ1) is 31.6. The molecule has 5 heteroatoms. The third kappa shape index (κ3) is 4.96. The van der Waals surface area contributed by atoms with Crippen LogP contribution in [0.3, 0.4) is 0 Å². The van der Waals surface area contributed by atoms with Gasteiger partial charge in [-0.25, -0.2) is 0 Å². The minimum atomic E-state index is -0.346. The van der Waals surface area contributed by atoms with Crippen LogP contribution in [0, 0.1) is 68.5 Å². The van der Waals surface area contributed by atoms with Crippen molar-refractivity contribution in [3.05, 3.63) is 88.5 Å². The van der Waals surface area contributed by atoms with Gasteiger partial charge in [-0.1, -0.05) is 94.8 Å². The molecule has 3 fully saturated rings. The Labute approximate surface area is 274 Å². The van der Waals surface area contributed by atoms with E-state index in [1.807, 2.05) is 0 Å². The van der Waals surface area contributed by atoms with Gasteiger partial charge in [0.2, 0.25) is 5.91 Å². The molecule has 0 spiro atoms. The minimum absolute atomic E-state index is 0.00715. The number of rotatable bonds is 3. The second-order valence-corrected chi connectivity index (χ2v) is 16.4. The molecule has 8 atom stereocenters. The molecule has 8 unspecified atom stereocenters. The Balaban J connectivity index is 1.38. The Bertz CT molecular complexity index is 1650. The van der Waals surface area contributed by atoms with Crippen molar-refractivity contribution in [2.24, 2.45) is 45.8 Å². The molecule has 5 aliphatic carbocycles. The second kappa shape index (κ2) is 10.9. The van der Waals surface area contributed by atoms with Gasteiger partial charge in [0.05, 0.1) is 23.3 Å². The van der Waals surface area contributed by atoms with Crippen LogP contribution in [0.15, 0.2) is 77.9 Å². The quantitative estimate of drug-likeness (QED) is 0.270. The number of hydrogen-bond donors (Lipinski definition) is 1. The van der Waals surface area contributed by atoms with Crippen LogP contribution in [0.2, 0.25) is 5.02 Å². The maximum Gasteiger partial charge on any atom is 0.245 e. The molecule has 1 amide bonds. The molecule has 1 aromatic carbocycles. The van der Waals surface area contributed by atoms with E-state index in [-0.39, 0.29) is 45.4 Å². The van der Waals surface area contributed by atoms with Gasteiger partial charge in [-0.15, -0.1) is 0 Å². The van der Waals surface area contributed by atoms with Gasteiger partial charge in [0.25, 0.3) is 0 Å². The van der Waals surface area contributed by atoms with Crippen molar-refractivity contribution >= 4 is 23.1 Å². The predicted octanol–water partition coefficient (Wildman–Crippen LogP) is 9.53. The Morgan fingerprint density at radius 1 is 1.00 bits per heavy atom. The molecule has 3 saturated carbocycles. The summed E-state index contributed by atoms with van der Waals surface area (Å²) >= 11 is 6.07. The summed E-state index contributed by atoms with van der Waals surface area (Å²) in [4.78, 5) is 13.7. The number of benzene rings is 1. The van der Waals surface area contributed by atoms with Gasteiger partial charge in [-0.05, 0) is 109 Å². The zero-order chi connectivity index (χ0) is 32.5.